The van der Waals surface area contributed by atoms with Crippen LogP contribution in [0.2, 0.25) is 0 Å². The van der Waals surface area contributed by atoms with Crippen LogP contribution in [0.3, 0.4) is 0 Å². The Bertz CT molecular complexity index is 2250. The second-order valence-electron chi connectivity index (χ2n) is 10.8. The summed E-state index contributed by atoms with van der Waals surface area (Å²) in [5.74, 6) is 0. The summed E-state index contributed by atoms with van der Waals surface area (Å²) in [7, 11) is 0. The van der Waals surface area contributed by atoms with Crippen molar-refractivity contribution in [2.45, 2.75) is 12.8 Å². The summed E-state index contributed by atoms with van der Waals surface area (Å²) in [5, 5.41) is 1.92. The zero-order valence-electron chi connectivity index (χ0n) is 23.8. The molecule has 0 unspecified atom stereocenters. The van der Waals surface area contributed by atoms with Crippen LogP contribution in [0.4, 0.5) is 0 Å². The lowest BCUT2D eigenvalue weighted by Gasteiger charge is -2.12. The summed E-state index contributed by atoms with van der Waals surface area (Å²) in [6.45, 7) is 0. The van der Waals surface area contributed by atoms with Gasteiger partial charge in [-0.2, -0.15) is 0 Å². The minimum absolute atomic E-state index is 0.311. The van der Waals surface area contributed by atoms with Crippen LogP contribution in [0, 0.1) is 0 Å². The molecule has 1 aliphatic rings. The molecule has 0 saturated heterocycles. The predicted octanol–water partition coefficient (Wildman–Crippen LogP) is 8.87. The fourth-order valence-corrected chi connectivity index (χ4v) is 7.57. The molecule has 6 nitrogen and oxygen atoms in total. The molecule has 1 aliphatic carbocycles. The molecule has 7 aromatic rings. The van der Waals surface area contributed by atoms with Crippen molar-refractivity contribution < 1.29 is 0 Å². The first-order valence-corrected chi connectivity index (χ1v) is 16.5. The van der Waals surface area contributed by atoms with E-state index in [9.17, 15) is 0 Å². The molecule has 2 aromatic carbocycles. The Balaban J connectivity index is 1.25. The largest absolute Gasteiger partial charge is 0.389 e. The molecular weight excluding hydrogens is 613 g/mol. The van der Waals surface area contributed by atoms with Gasteiger partial charge in [-0.25, -0.2) is 9.97 Å². The van der Waals surface area contributed by atoms with E-state index in [4.69, 9.17) is 27.9 Å². The smallest absolute Gasteiger partial charge is 0.126 e. The summed E-state index contributed by atoms with van der Waals surface area (Å²) in [4.78, 5) is 25.1. The van der Waals surface area contributed by atoms with Gasteiger partial charge in [0.25, 0.3) is 0 Å². The van der Waals surface area contributed by atoms with Gasteiger partial charge in [-0.15, -0.1) is 22.7 Å². The minimum Gasteiger partial charge on any atom is -0.389 e. The molecule has 45 heavy (non-hydrogen) atoms. The Kier molecular flexibility index (Phi) is 7.06. The highest BCUT2D eigenvalue weighted by molar-refractivity contribution is 7.80. The molecule has 5 aromatic heterocycles. The van der Waals surface area contributed by atoms with E-state index in [1.807, 2.05) is 55.2 Å². The van der Waals surface area contributed by atoms with Crippen molar-refractivity contribution in [2.75, 3.05) is 0 Å². The molecule has 2 N–H and O–H groups in total. The maximum absolute atomic E-state index is 5.97. The summed E-state index contributed by atoms with van der Waals surface area (Å²) >= 11 is 8.64. The summed E-state index contributed by atoms with van der Waals surface area (Å²) < 4.78 is 1.15. The average molecular weight is 637 g/mol. The van der Waals surface area contributed by atoms with Crippen LogP contribution in [0.1, 0.15) is 22.6 Å². The van der Waals surface area contributed by atoms with E-state index >= 15 is 0 Å². The number of hydrogen-bond acceptors (Lipinski definition) is 8. The van der Waals surface area contributed by atoms with Gasteiger partial charge in [-0.3, -0.25) is 15.0 Å². The van der Waals surface area contributed by atoms with Crippen LogP contribution in [-0.4, -0.2) is 29.9 Å². The number of para-hydroxylation sites is 1. The van der Waals surface area contributed by atoms with Crippen LogP contribution in [0.15, 0.2) is 104 Å². The average Bonchev–Trinajstić information content (AvgIpc) is 3.73. The van der Waals surface area contributed by atoms with E-state index in [2.05, 4.69) is 63.5 Å². The van der Waals surface area contributed by atoms with Gasteiger partial charge in [-0.1, -0.05) is 30.4 Å². The van der Waals surface area contributed by atoms with Crippen molar-refractivity contribution in [2.24, 2.45) is 5.73 Å². The first-order chi connectivity index (χ1) is 22.1. The molecule has 5 heterocycles. The van der Waals surface area contributed by atoms with Gasteiger partial charge in [-0.05, 0) is 84.1 Å². The number of pyridine rings is 3. The molecule has 0 spiro atoms. The number of nitrogens with two attached hydrogens (primary N) is 1. The van der Waals surface area contributed by atoms with Crippen LogP contribution in [-0.2, 0) is 6.42 Å². The normalized spacial score (nSPS) is 12.4. The van der Waals surface area contributed by atoms with Gasteiger partial charge in [0, 0.05) is 70.6 Å². The lowest BCUT2D eigenvalue weighted by molar-refractivity contribution is 0.947. The van der Waals surface area contributed by atoms with Gasteiger partial charge in [0.15, 0.2) is 0 Å². The van der Waals surface area contributed by atoms with E-state index in [1.54, 1.807) is 28.9 Å². The highest BCUT2D eigenvalue weighted by atomic mass is 32.1. The fourth-order valence-electron chi connectivity index (χ4n) is 5.49. The van der Waals surface area contributed by atoms with E-state index < -0.39 is 0 Å². The SMILES string of the molecule is NC(=S)c1cncc(-c2cc(-c3cncc(-c4nc5c(s4)C=CCC5)c3)cc(-c3cncc(-c4nc5ccccc5s4)c3)c2)c1. The highest BCUT2D eigenvalue weighted by Gasteiger charge is 2.16. The van der Waals surface area contributed by atoms with E-state index in [0.717, 1.165) is 88.8 Å². The molecule has 0 aliphatic heterocycles. The second kappa shape index (κ2) is 11.5. The molecule has 0 radical (unpaired) electrons. The monoisotopic (exact) mass is 636 g/mol. The number of aryl methyl sites for hydroxylation is 1. The number of rotatable bonds is 6. The Morgan fingerprint density at radius 1 is 0.644 bits per heavy atom. The molecule has 0 bridgehead atoms. The number of allylic oxidation sites excluding steroid dienone is 1. The fraction of sp³-hybridized carbons (Fsp3) is 0.0556. The molecule has 0 saturated carbocycles. The summed E-state index contributed by atoms with van der Waals surface area (Å²) in [6.07, 6.45) is 17.5. The number of thiocarbonyl (C=S) groups is 1. The van der Waals surface area contributed by atoms with Crippen LogP contribution < -0.4 is 5.73 Å². The minimum atomic E-state index is 0.311. The Morgan fingerprint density at radius 2 is 1.22 bits per heavy atom. The highest BCUT2D eigenvalue weighted by Crippen LogP contribution is 2.37. The standard InChI is InChI=1S/C36H24N6S3/c37-34(43)27-12-24(15-38-18-27)21-9-22(25-13-28(19-39-16-25)35-41-30-5-1-3-7-32(30)44-35)11-23(10-21)26-14-29(20-40-17-26)36-42-31-6-2-4-8-33(31)45-36/h1,3-5,7-20H,2,6H2,(H2,37,43). The Hall–Kier alpha value is -4.96. The lowest BCUT2D eigenvalue weighted by Crippen LogP contribution is -2.09. The van der Waals surface area contributed by atoms with Crippen molar-refractivity contribution in [1.82, 2.24) is 24.9 Å². The summed E-state index contributed by atoms with van der Waals surface area (Å²) in [5.41, 5.74) is 16.7. The zero-order chi connectivity index (χ0) is 30.3. The molecule has 0 atom stereocenters. The number of benzene rings is 2. The predicted molar refractivity (Wildman–Crippen MR) is 189 cm³/mol. The second-order valence-corrected chi connectivity index (χ2v) is 13.3. The quantitative estimate of drug-likeness (QED) is 0.182. The van der Waals surface area contributed by atoms with Crippen molar-refractivity contribution >= 4 is 56.2 Å². The van der Waals surface area contributed by atoms with Crippen molar-refractivity contribution in [1.29, 1.82) is 0 Å². The number of aromatic nitrogens is 5. The van der Waals surface area contributed by atoms with Crippen molar-refractivity contribution in [3.05, 3.63) is 120 Å². The third-order valence-electron chi connectivity index (χ3n) is 7.76. The first-order valence-electron chi connectivity index (χ1n) is 14.4. The zero-order valence-corrected chi connectivity index (χ0v) is 26.3. The molecular formula is C36H24N6S3. The van der Waals surface area contributed by atoms with Crippen LogP contribution >= 0.6 is 34.9 Å². The summed E-state index contributed by atoms with van der Waals surface area (Å²) in [6, 6.07) is 21.0. The third-order valence-corrected chi connectivity index (χ3v) is 10.2. The molecule has 8 rings (SSSR count). The Morgan fingerprint density at radius 3 is 1.87 bits per heavy atom. The van der Waals surface area contributed by atoms with Gasteiger partial charge in [0.05, 0.1) is 20.8 Å². The van der Waals surface area contributed by atoms with E-state index in [-0.39, 0.29) is 0 Å². The lowest BCUT2D eigenvalue weighted by atomic mass is 9.94. The van der Waals surface area contributed by atoms with Gasteiger partial charge >= 0.3 is 0 Å². The van der Waals surface area contributed by atoms with Crippen molar-refractivity contribution in [3.8, 4) is 54.5 Å². The Labute approximate surface area is 273 Å². The van der Waals surface area contributed by atoms with Crippen LogP contribution in [0.25, 0.3) is 70.8 Å². The third kappa shape index (κ3) is 5.46. The maximum Gasteiger partial charge on any atom is 0.126 e. The van der Waals surface area contributed by atoms with Gasteiger partial charge in [0.2, 0.25) is 0 Å². The van der Waals surface area contributed by atoms with Gasteiger partial charge < -0.3 is 5.73 Å². The topological polar surface area (TPSA) is 90.5 Å². The van der Waals surface area contributed by atoms with E-state index in [1.165, 1.54) is 4.88 Å². The number of thiazole rings is 2. The molecule has 0 fully saturated rings. The molecule has 0 amide bonds. The molecule has 9 heteroatoms. The first kappa shape index (κ1) is 27.6. The number of hydrogen-bond donors (Lipinski definition) is 1. The van der Waals surface area contributed by atoms with Crippen LogP contribution in [0.5, 0.6) is 0 Å². The van der Waals surface area contributed by atoms with E-state index in [0.29, 0.717) is 4.99 Å². The van der Waals surface area contributed by atoms with Gasteiger partial charge in [0.1, 0.15) is 15.0 Å². The maximum atomic E-state index is 5.97. The number of fused-ring (bicyclic) bond motifs is 2. The number of nitrogens with zero attached hydrogens (tertiary/aromatic N) is 5. The van der Waals surface area contributed by atoms with Crippen molar-refractivity contribution in [3.63, 3.8) is 0 Å². The molecule has 216 valence electrons.